The predicted molar refractivity (Wildman–Crippen MR) is 148 cm³/mol. The van der Waals surface area contributed by atoms with E-state index in [1.807, 2.05) is 19.1 Å². The largest absolute Gasteiger partial charge is 0.494 e. The van der Waals surface area contributed by atoms with E-state index in [4.69, 9.17) is 8.92 Å². The van der Waals surface area contributed by atoms with Gasteiger partial charge in [-0.05, 0) is 75.2 Å². The second kappa shape index (κ2) is 13.6. The zero-order valence-electron chi connectivity index (χ0n) is 22.5. The Labute approximate surface area is 221 Å². The molecule has 0 atom stereocenters. The highest BCUT2D eigenvalue weighted by Gasteiger charge is 2.26. The maximum atomic E-state index is 13.6. The molecule has 0 N–H and O–H groups in total. The Balaban J connectivity index is 1.71. The Morgan fingerprint density at radius 3 is 2.16 bits per heavy atom. The van der Waals surface area contributed by atoms with E-state index in [2.05, 4.69) is 18.7 Å². The number of aromatic nitrogens is 1. The Hall–Kier alpha value is -2.84. The molecule has 7 nitrogen and oxygen atoms in total. The Bertz CT molecular complexity index is 1260. The summed E-state index contributed by atoms with van der Waals surface area (Å²) in [5.41, 5.74) is 2.02. The van der Waals surface area contributed by atoms with Crippen LogP contribution >= 0.6 is 0 Å². The number of ketones is 1. The van der Waals surface area contributed by atoms with Crippen molar-refractivity contribution in [2.75, 3.05) is 32.5 Å². The Morgan fingerprint density at radius 2 is 1.57 bits per heavy atom. The lowest BCUT2D eigenvalue weighted by Gasteiger charge is -2.21. The first-order valence-electron chi connectivity index (χ1n) is 13.3. The molecule has 0 bridgehead atoms. The van der Waals surface area contributed by atoms with Crippen molar-refractivity contribution in [3.8, 4) is 11.5 Å². The van der Waals surface area contributed by atoms with Crippen molar-refractivity contribution in [1.82, 2.24) is 9.30 Å². The van der Waals surface area contributed by atoms with Gasteiger partial charge in [-0.25, -0.2) is 0 Å². The van der Waals surface area contributed by atoms with E-state index in [9.17, 15) is 13.2 Å². The molecule has 8 heteroatoms. The lowest BCUT2D eigenvalue weighted by Crippen LogP contribution is -2.28. The number of carbonyl (C=O) groups is 1. The molecule has 1 aromatic carbocycles. The second-order valence-corrected chi connectivity index (χ2v) is 10.9. The molecule has 0 aliphatic carbocycles. The van der Waals surface area contributed by atoms with Crippen molar-refractivity contribution in [3.63, 3.8) is 0 Å². The molecule has 2 aromatic heterocycles. The molecule has 0 unspecified atom stereocenters. The summed E-state index contributed by atoms with van der Waals surface area (Å²) in [6.07, 6.45) is 9.00. The standard InChI is InChI=1S/C29H40N2O5S/c1-5-8-18-30(19-9-6-2)20-12-22-35-24-16-14-23(15-17-24)28(32)27-25(7-3)29(36-37(4,33)34)26-13-10-11-21-31(26)27/h10-11,13-17,21H,5-9,12,18-20,22H2,1-4H3. The van der Waals surface area contributed by atoms with Crippen LogP contribution in [0.3, 0.4) is 0 Å². The van der Waals surface area contributed by atoms with Crippen LogP contribution in [0.25, 0.3) is 5.52 Å². The quantitative estimate of drug-likeness (QED) is 0.134. The van der Waals surface area contributed by atoms with E-state index in [0.29, 0.717) is 35.4 Å². The van der Waals surface area contributed by atoms with Crippen LogP contribution < -0.4 is 8.92 Å². The Kier molecular flexibility index (Phi) is 10.6. The van der Waals surface area contributed by atoms with Gasteiger partial charge in [0.15, 0.2) is 5.75 Å². The summed E-state index contributed by atoms with van der Waals surface area (Å²) in [5, 5.41) is 0. The van der Waals surface area contributed by atoms with Crippen molar-refractivity contribution in [1.29, 1.82) is 0 Å². The van der Waals surface area contributed by atoms with Gasteiger partial charge < -0.3 is 18.2 Å². The molecule has 3 aromatic rings. The summed E-state index contributed by atoms with van der Waals surface area (Å²) in [6, 6.07) is 12.5. The number of ether oxygens (including phenoxy) is 1. The van der Waals surface area contributed by atoms with Crippen molar-refractivity contribution in [3.05, 3.63) is 65.5 Å². The smallest absolute Gasteiger partial charge is 0.306 e. The minimum absolute atomic E-state index is 0.199. The predicted octanol–water partition coefficient (Wildman–Crippen LogP) is 5.74. The number of carbonyl (C=O) groups excluding carboxylic acids is 1. The van der Waals surface area contributed by atoms with E-state index in [1.165, 1.54) is 25.7 Å². The normalized spacial score (nSPS) is 11.8. The number of pyridine rings is 1. The fourth-order valence-corrected chi connectivity index (χ4v) is 4.95. The fourth-order valence-electron chi connectivity index (χ4n) is 4.47. The summed E-state index contributed by atoms with van der Waals surface area (Å²) in [6.45, 7) is 10.2. The zero-order chi connectivity index (χ0) is 26.8. The van der Waals surface area contributed by atoms with Crippen LogP contribution in [0.5, 0.6) is 11.5 Å². The minimum atomic E-state index is -3.75. The molecule has 3 rings (SSSR count). The third-order valence-corrected chi connectivity index (χ3v) is 6.83. The minimum Gasteiger partial charge on any atom is -0.494 e. The van der Waals surface area contributed by atoms with Gasteiger partial charge in [0.1, 0.15) is 11.4 Å². The van der Waals surface area contributed by atoms with E-state index < -0.39 is 10.1 Å². The molecule has 0 aliphatic rings. The van der Waals surface area contributed by atoms with Gasteiger partial charge >= 0.3 is 10.1 Å². The first-order valence-corrected chi connectivity index (χ1v) is 15.1. The monoisotopic (exact) mass is 528 g/mol. The molecule has 202 valence electrons. The molecule has 0 amide bonds. The number of unbranched alkanes of at least 4 members (excludes halogenated alkanes) is 2. The third kappa shape index (κ3) is 7.82. The van der Waals surface area contributed by atoms with Crippen LogP contribution in [-0.2, 0) is 16.5 Å². The summed E-state index contributed by atoms with van der Waals surface area (Å²) in [7, 11) is -3.75. The number of fused-ring (bicyclic) bond motifs is 1. The van der Waals surface area contributed by atoms with Gasteiger partial charge in [0.25, 0.3) is 0 Å². The van der Waals surface area contributed by atoms with Crippen LogP contribution in [0.1, 0.15) is 74.5 Å². The summed E-state index contributed by atoms with van der Waals surface area (Å²) in [4.78, 5) is 16.1. The van der Waals surface area contributed by atoms with Gasteiger partial charge in [-0.15, -0.1) is 0 Å². The fraction of sp³-hybridized carbons (Fsp3) is 0.483. The van der Waals surface area contributed by atoms with Crippen LogP contribution in [0.2, 0.25) is 0 Å². The van der Waals surface area contributed by atoms with Crippen LogP contribution in [0.4, 0.5) is 0 Å². The van der Waals surface area contributed by atoms with Crippen LogP contribution in [0, 0.1) is 0 Å². The SMILES string of the molecule is CCCCN(CCCC)CCCOc1ccc(C(=O)c2c(CC)c(OS(C)(=O)=O)c3ccccn23)cc1. The Morgan fingerprint density at radius 1 is 0.919 bits per heavy atom. The molecule has 0 saturated carbocycles. The topological polar surface area (TPSA) is 77.3 Å². The van der Waals surface area contributed by atoms with E-state index in [0.717, 1.165) is 38.1 Å². The van der Waals surface area contributed by atoms with Gasteiger partial charge in [0.2, 0.25) is 5.78 Å². The summed E-state index contributed by atoms with van der Waals surface area (Å²) in [5.74, 6) is 0.735. The highest BCUT2D eigenvalue weighted by atomic mass is 32.2. The second-order valence-electron chi connectivity index (χ2n) is 9.36. The van der Waals surface area contributed by atoms with Gasteiger partial charge in [0.05, 0.1) is 18.4 Å². The van der Waals surface area contributed by atoms with Gasteiger partial charge in [-0.1, -0.05) is 39.7 Å². The molecule has 37 heavy (non-hydrogen) atoms. The van der Waals surface area contributed by atoms with Crippen LogP contribution in [-0.4, -0.2) is 56.0 Å². The highest BCUT2D eigenvalue weighted by Crippen LogP contribution is 2.34. The summed E-state index contributed by atoms with van der Waals surface area (Å²) >= 11 is 0. The number of benzene rings is 1. The molecular formula is C29H40N2O5S. The lowest BCUT2D eigenvalue weighted by atomic mass is 10.0. The average molecular weight is 529 g/mol. The van der Waals surface area contributed by atoms with E-state index >= 15 is 0 Å². The molecule has 0 spiro atoms. The van der Waals surface area contributed by atoms with Crippen molar-refractivity contribution >= 4 is 21.4 Å². The van der Waals surface area contributed by atoms with E-state index in [1.54, 1.807) is 40.9 Å². The number of rotatable bonds is 16. The third-order valence-electron chi connectivity index (χ3n) is 6.36. The molecule has 2 heterocycles. The number of nitrogens with zero attached hydrogens (tertiary/aromatic N) is 2. The first-order chi connectivity index (χ1) is 17.8. The number of hydrogen-bond acceptors (Lipinski definition) is 6. The van der Waals surface area contributed by atoms with Gasteiger partial charge in [0, 0.05) is 23.9 Å². The van der Waals surface area contributed by atoms with Crippen molar-refractivity contribution in [2.45, 2.75) is 59.3 Å². The van der Waals surface area contributed by atoms with Gasteiger partial charge in [-0.2, -0.15) is 8.42 Å². The average Bonchev–Trinajstić information content (AvgIpc) is 3.19. The van der Waals surface area contributed by atoms with Gasteiger partial charge in [-0.3, -0.25) is 4.79 Å². The molecule has 0 fully saturated rings. The number of hydrogen-bond donors (Lipinski definition) is 0. The van der Waals surface area contributed by atoms with Crippen LogP contribution in [0.15, 0.2) is 48.7 Å². The van der Waals surface area contributed by atoms with Crippen molar-refractivity contribution < 1.29 is 22.1 Å². The highest BCUT2D eigenvalue weighted by molar-refractivity contribution is 7.86. The first kappa shape index (κ1) is 28.7. The lowest BCUT2D eigenvalue weighted by molar-refractivity contribution is 0.103. The summed E-state index contributed by atoms with van der Waals surface area (Å²) < 4.78 is 36.8. The zero-order valence-corrected chi connectivity index (χ0v) is 23.4. The van der Waals surface area contributed by atoms with Crippen molar-refractivity contribution in [2.24, 2.45) is 0 Å². The molecule has 0 radical (unpaired) electrons. The molecular weight excluding hydrogens is 488 g/mol. The molecule has 0 aliphatic heterocycles. The van der Waals surface area contributed by atoms with E-state index in [-0.39, 0.29) is 11.5 Å². The molecule has 0 saturated heterocycles. The maximum absolute atomic E-state index is 13.6. The maximum Gasteiger partial charge on any atom is 0.306 e.